The van der Waals surface area contributed by atoms with Gasteiger partial charge in [-0.1, -0.05) is 29.4 Å². The highest BCUT2D eigenvalue weighted by Crippen LogP contribution is 2.44. The summed E-state index contributed by atoms with van der Waals surface area (Å²) in [6, 6.07) is 3.37. The second kappa shape index (κ2) is 11.8. The van der Waals surface area contributed by atoms with Crippen molar-refractivity contribution in [1.29, 1.82) is 0 Å². The standard InChI is InChI=1S/C23H26BrClFN5O4S/c1-11(12-7-6-8-28-19(12)30-22(33)35-23(2,3)4)27-9-10-34-18-13-17(16(26)14(24)15(18)25)29-21(36-5)31-20(13)32/h6-8,11,27H,9-10H2,1-5H3,(H,28,30,33)(H,29,31,32). The molecule has 0 aliphatic carbocycles. The van der Waals surface area contributed by atoms with Crippen LogP contribution >= 0.6 is 39.3 Å². The first-order valence-corrected chi connectivity index (χ1v) is 13.2. The predicted molar refractivity (Wildman–Crippen MR) is 142 cm³/mol. The van der Waals surface area contributed by atoms with Gasteiger partial charge in [0.15, 0.2) is 16.7 Å². The van der Waals surface area contributed by atoms with E-state index < -0.39 is 23.4 Å². The summed E-state index contributed by atoms with van der Waals surface area (Å²) in [5.41, 5.74) is -0.00283. The van der Waals surface area contributed by atoms with Gasteiger partial charge in [-0.2, -0.15) is 4.98 Å². The van der Waals surface area contributed by atoms with E-state index in [1.807, 2.05) is 13.0 Å². The van der Waals surface area contributed by atoms with Crippen LogP contribution in [0.5, 0.6) is 11.6 Å². The van der Waals surface area contributed by atoms with Crippen molar-refractivity contribution in [3.8, 4) is 11.6 Å². The first-order chi connectivity index (χ1) is 16.9. The van der Waals surface area contributed by atoms with Crippen LogP contribution in [-0.2, 0) is 4.74 Å². The van der Waals surface area contributed by atoms with Crippen LogP contribution in [-0.4, -0.2) is 51.2 Å². The zero-order valence-electron chi connectivity index (χ0n) is 20.3. The van der Waals surface area contributed by atoms with Gasteiger partial charge in [0.2, 0.25) is 5.88 Å². The lowest BCUT2D eigenvalue weighted by molar-refractivity contribution is 0.0635. The van der Waals surface area contributed by atoms with Crippen LogP contribution in [0.4, 0.5) is 15.0 Å². The lowest BCUT2D eigenvalue weighted by Gasteiger charge is -2.21. The number of anilines is 1. The molecular weight excluding hydrogens is 577 g/mol. The fourth-order valence-electron chi connectivity index (χ4n) is 3.24. The largest absolute Gasteiger partial charge is 0.493 e. The molecule has 13 heteroatoms. The van der Waals surface area contributed by atoms with Gasteiger partial charge in [0, 0.05) is 24.3 Å². The fourth-order valence-corrected chi connectivity index (χ4v) is 4.20. The van der Waals surface area contributed by atoms with Crippen LogP contribution in [0.2, 0.25) is 5.02 Å². The minimum atomic E-state index is -0.719. The molecule has 0 fully saturated rings. The zero-order chi connectivity index (χ0) is 26.6. The van der Waals surface area contributed by atoms with Crippen molar-refractivity contribution in [2.45, 2.75) is 44.5 Å². The predicted octanol–water partition coefficient (Wildman–Crippen LogP) is 6.08. The number of thioether (sulfide) groups is 1. The molecule has 1 unspecified atom stereocenters. The Hall–Kier alpha value is -2.41. The van der Waals surface area contributed by atoms with Gasteiger partial charge in [-0.05, 0) is 55.9 Å². The maximum atomic E-state index is 14.8. The van der Waals surface area contributed by atoms with Crippen LogP contribution in [0.3, 0.4) is 0 Å². The number of hydrogen-bond donors (Lipinski definition) is 3. The van der Waals surface area contributed by atoms with Gasteiger partial charge in [0.05, 0.1) is 4.47 Å². The number of nitrogens with zero attached hydrogens (tertiary/aromatic N) is 3. The Kier molecular flexibility index (Phi) is 9.20. The van der Waals surface area contributed by atoms with E-state index in [4.69, 9.17) is 21.1 Å². The topological polar surface area (TPSA) is 118 Å². The van der Waals surface area contributed by atoms with Crippen LogP contribution in [0.25, 0.3) is 10.9 Å². The van der Waals surface area contributed by atoms with Gasteiger partial charge in [-0.25, -0.2) is 19.2 Å². The Labute approximate surface area is 225 Å². The summed E-state index contributed by atoms with van der Waals surface area (Å²) in [7, 11) is 0. The summed E-state index contributed by atoms with van der Waals surface area (Å²) in [5, 5.41) is 16.5. The van der Waals surface area contributed by atoms with Crippen molar-refractivity contribution in [3.63, 3.8) is 0 Å². The number of hydrogen-bond acceptors (Lipinski definition) is 9. The number of aromatic nitrogens is 3. The number of benzene rings is 1. The van der Waals surface area contributed by atoms with Crippen molar-refractivity contribution in [3.05, 3.63) is 39.2 Å². The van der Waals surface area contributed by atoms with Crippen LogP contribution in [0.15, 0.2) is 28.0 Å². The Bertz CT molecular complexity index is 1280. The summed E-state index contributed by atoms with van der Waals surface area (Å²) in [4.78, 5) is 24.6. The van der Waals surface area contributed by atoms with Crippen LogP contribution in [0, 0.1) is 5.82 Å². The average molecular weight is 603 g/mol. The minimum Gasteiger partial charge on any atom is -0.493 e. The van der Waals surface area contributed by atoms with Crippen molar-refractivity contribution >= 4 is 62.1 Å². The van der Waals surface area contributed by atoms with Crippen molar-refractivity contribution in [2.75, 3.05) is 24.7 Å². The Morgan fingerprint density at radius 2 is 2.08 bits per heavy atom. The monoisotopic (exact) mass is 601 g/mol. The number of aromatic hydroxyl groups is 1. The van der Waals surface area contributed by atoms with Crippen molar-refractivity contribution in [1.82, 2.24) is 20.3 Å². The number of ether oxygens (including phenoxy) is 2. The molecule has 0 bridgehead atoms. The molecule has 0 saturated heterocycles. The molecule has 1 atom stereocenters. The zero-order valence-corrected chi connectivity index (χ0v) is 23.4. The number of amides is 1. The molecule has 36 heavy (non-hydrogen) atoms. The van der Waals surface area contributed by atoms with Gasteiger partial charge in [0.1, 0.15) is 34.0 Å². The minimum absolute atomic E-state index is 0.0114. The Morgan fingerprint density at radius 3 is 2.75 bits per heavy atom. The third-order valence-electron chi connectivity index (χ3n) is 4.80. The molecule has 2 aromatic heterocycles. The van der Waals surface area contributed by atoms with E-state index in [0.29, 0.717) is 12.4 Å². The summed E-state index contributed by atoms with van der Waals surface area (Å²) in [5.74, 6) is -0.713. The van der Waals surface area contributed by atoms with E-state index in [1.165, 1.54) is 0 Å². The molecule has 1 aromatic carbocycles. The van der Waals surface area contributed by atoms with E-state index >= 15 is 0 Å². The molecule has 0 radical (unpaired) electrons. The van der Waals surface area contributed by atoms with Gasteiger partial charge < -0.3 is 19.9 Å². The van der Waals surface area contributed by atoms with Crippen molar-refractivity contribution < 1.29 is 23.8 Å². The molecule has 2 heterocycles. The highest BCUT2D eigenvalue weighted by molar-refractivity contribution is 9.10. The van der Waals surface area contributed by atoms with Gasteiger partial charge >= 0.3 is 6.09 Å². The van der Waals surface area contributed by atoms with E-state index in [2.05, 4.69) is 41.5 Å². The molecule has 0 aliphatic heterocycles. The lowest BCUT2D eigenvalue weighted by Crippen LogP contribution is -2.29. The maximum absolute atomic E-state index is 14.8. The highest BCUT2D eigenvalue weighted by Gasteiger charge is 2.24. The first kappa shape index (κ1) is 28.2. The van der Waals surface area contributed by atoms with E-state index in [9.17, 15) is 14.3 Å². The summed E-state index contributed by atoms with van der Waals surface area (Å²) in [6.07, 6.45) is 2.68. The van der Waals surface area contributed by atoms with E-state index in [0.717, 1.165) is 17.3 Å². The molecule has 3 N–H and O–H groups in total. The van der Waals surface area contributed by atoms with Crippen LogP contribution in [0.1, 0.15) is 39.3 Å². The Morgan fingerprint density at radius 1 is 1.36 bits per heavy atom. The molecule has 3 rings (SSSR count). The number of halogens is 3. The summed E-state index contributed by atoms with van der Waals surface area (Å²) < 4.78 is 25.9. The number of carbonyl (C=O) groups excluding carboxylic acids is 1. The third-order valence-corrected chi connectivity index (χ3v) is 6.68. The normalized spacial score (nSPS) is 12.4. The van der Waals surface area contributed by atoms with E-state index in [-0.39, 0.29) is 44.0 Å². The molecule has 194 valence electrons. The molecule has 0 spiro atoms. The number of rotatable bonds is 8. The number of pyridine rings is 1. The summed E-state index contributed by atoms with van der Waals surface area (Å²) >= 11 is 10.6. The maximum Gasteiger partial charge on any atom is 0.413 e. The lowest BCUT2D eigenvalue weighted by atomic mass is 10.1. The molecule has 0 aliphatic rings. The van der Waals surface area contributed by atoms with Gasteiger partial charge in [-0.15, -0.1) is 0 Å². The van der Waals surface area contributed by atoms with Crippen LogP contribution < -0.4 is 15.4 Å². The van der Waals surface area contributed by atoms with E-state index in [1.54, 1.807) is 39.3 Å². The fraction of sp³-hybridized carbons (Fsp3) is 0.391. The molecule has 9 nitrogen and oxygen atoms in total. The SMILES string of the molecule is CSc1nc(O)c2c(OCCNC(C)c3cccnc3NC(=O)OC(C)(C)C)c(Cl)c(Br)c(F)c2n1. The molecular formula is C23H26BrClFN5O4S. The van der Waals surface area contributed by atoms with Gasteiger partial charge in [0.25, 0.3) is 0 Å². The Balaban J connectivity index is 1.72. The summed E-state index contributed by atoms with van der Waals surface area (Å²) in [6.45, 7) is 7.70. The van der Waals surface area contributed by atoms with Gasteiger partial charge in [-0.3, -0.25) is 5.32 Å². The highest BCUT2D eigenvalue weighted by atomic mass is 79.9. The molecule has 3 aromatic rings. The second-order valence-corrected chi connectivity index (χ2v) is 10.6. The molecule has 0 saturated carbocycles. The van der Waals surface area contributed by atoms with Crippen molar-refractivity contribution in [2.24, 2.45) is 0 Å². The smallest absolute Gasteiger partial charge is 0.413 e. The second-order valence-electron chi connectivity index (χ2n) is 8.62. The average Bonchev–Trinajstić information content (AvgIpc) is 2.81. The number of carbonyl (C=O) groups is 1. The number of nitrogens with one attached hydrogen (secondary N) is 2. The quantitative estimate of drug-likeness (QED) is 0.122. The molecule has 1 amide bonds. The number of fused-ring (bicyclic) bond motifs is 1. The first-order valence-electron chi connectivity index (χ1n) is 10.8. The third kappa shape index (κ3) is 6.67.